The van der Waals surface area contributed by atoms with Crippen LogP contribution in [0.2, 0.25) is 0 Å². The molecule has 1 aromatic heterocycles. The lowest BCUT2D eigenvalue weighted by Crippen LogP contribution is -2.15. The lowest BCUT2D eigenvalue weighted by atomic mass is 10.3. The van der Waals surface area contributed by atoms with E-state index < -0.39 is 5.25 Å². The molecule has 21 heavy (non-hydrogen) atoms. The van der Waals surface area contributed by atoms with E-state index in [1.165, 1.54) is 18.9 Å². The molecule has 0 fully saturated rings. The van der Waals surface area contributed by atoms with Gasteiger partial charge in [0.2, 0.25) is 5.16 Å². The molecule has 2 rings (SSSR count). The van der Waals surface area contributed by atoms with Crippen LogP contribution in [-0.4, -0.2) is 45.1 Å². The number of esters is 1. The van der Waals surface area contributed by atoms with E-state index in [9.17, 15) is 4.79 Å². The average molecular weight is 308 g/mol. The molecule has 1 heterocycles. The maximum Gasteiger partial charge on any atom is 0.318 e. The highest BCUT2D eigenvalue weighted by Crippen LogP contribution is 2.28. The smallest absolute Gasteiger partial charge is 0.318 e. The van der Waals surface area contributed by atoms with Crippen LogP contribution in [0.1, 0.15) is 13.8 Å². The fourth-order valence-electron chi connectivity index (χ4n) is 1.69. The largest absolute Gasteiger partial charge is 0.492 e. The molecular formula is C13H16N4O3S. The first-order valence-electron chi connectivity index (χ1n) is 6.42. The Kier molecular flexibility index (Phi) is 5.15. The Morgan fingerprint density at radius 1 is 1.43 bits per heavy atom. The summed E-state index contributed by atoms with van der Waals surface area (Å²) in [7, 11) is 1.35. The van der Waals surface area contributed by atoms with Crippen molar-refractivity contribution in [3.05, 3.63) is 24.3 Å². The second kappa shape index (κ2) is 7.07. The maximum atomic E-state index is 11.5. The highest BCUT2D eigenvalue weighted by molar-refractivity contribution is 8.00. The summed E-state index contributed by atoms with van der Waals surface area (Å²) in [6.07, 6.45) is 0. The summed E-state index contributed by atoms with van der Waals surface area (Å²) in [5, 5.41) is 11.7. The molecule has 0 aliphatic heterocycles. The Hall–Kier alpha value is -2.09. The van der Waals surface area contributed by atoms with Gasteiger partial charge >= 0.3 is 5.97 Å². The number of hydrogen-bond acceptors (Lipinski definition) is 7. The molecule has 0 saturated heterocycles. The summed E-state index contributed by atoms with van der Waals surface area (Å²) in [4.78, 5) is 11.5. The summed E-state index contributed by atoms with van der Waals surface area (Å²) in [5.41, 5.74) is 0.726. The summed E-state index contributed by atoms with van der Waals surface area (Å²) < 4.78 is 11.8. The highest BCUT2D eigenvalue weighted by atomic mass is 32.2. The van der Waals surface area contributed by atoms with Crippen molar-refractivity contribution >= 4 is 17.7 Å². The first kappa shape index (κ1) is 15.3. The maximum absolute atomic E-state index is 11.5. The molecule has 112 valence electrons. The lowest BCUT2D eigenvalue weighted by molar-refractivity contribution is -0.139. The molecule has 0 amide bonds. The number of para-hydroxylation sites is 2. The van der Waals surface area contributed by atoms with Gasteiger partial charge in [-0.3, -0.25) is 4.79 Å². The number of methoxy groups -OCH3 is 1. The fraction of sp³-hybridized carbons (Fsp3) is 0.385. The van der Waals surface area contributed by atoms with E-state index in [1.807, 2.05) is 31.2 Å². The van der Waals surface area contributed by atoms with Gasteiger partial charge in [-0.1, -0.05) is 23.9 Å². The summed E-state index contributed by atoms with van der Waals surface area (Å²) in [6, 6.07) is 7.45. The summed E-state index contributed by atoms with van der Waals surface area (Å²) in [6.45, 7) is 4.19. The van der Waals surface area contributed by atoms with E-state index >= 15 is 0 Å². The topological polar surface area (TPSA) is 79.1 Å². The van der Waals surface area contributed by atoms with Crippen LogP contribution in [0, 0.1) is 0 Å². The molecule has 8 heteroatoms. The Balaban J connectivity index is 2.30. The first-order valence-corrected chi connectivity index (χ1v) is 7.30. The number of thioether (sulfide) groups is 1. The molecule has 0 N–H and O–H groups in total. The number of rotatable bonds is 6. The van der Waals surface area contributed by atoms with Gasteiger partial charge in [-0.05, 0) is 36.4 Å². The third kappa shape index (κ3) is 3.52. The Morgan fingerprint density at radius 2 is 2.19 bits per heavy atom. The number of nitrogens with zero attached hydrogens (tertiary/aromatic N) is 4. The van der Waals surface area contributed by atoms with Crippen molar-refractivity contribution in [2.24, 2.45) is 0 Å². The van der Waals surface area contributed by atoms with Crippen LogP contribution in [0.25, 0.3) is 5.69 Å². The average Bonchev–Trinajstić information content (AvgIpc) is 2.95. The molecule has 0 aliphatic rings. The third-order valence-corrected chi connectivity index (χ3v) is 3.66. The van der Waals surface area contributed by atoms with E-state index in [4.69, 9.17) is 9.47 Å². The second-order valence-corrected chi connectivity index (χ2v) is 5.37. The van der Waals surface area contributed by atoms with Crippen molar-refractivity contribution in [2.75, 3.05) is 13.7 Å². The molecule has 7 nitrogen and oxygen atoms in total. The first-order chi connectivity index (χ1) is 10.2. The molecule has 1 aromatic carbocycles. The monoisotopic (exact) mass is 308 g/mol. The number of benzene rings is 1. The summed E-state index contributed by atoms with van der Waals surface area (Å²) in [5.74, 6) is 0.354. The van der Waals surface area contributed by atoms with Gasteiger partial charge in [0.25, 0.3) is 0 Å². The van der Waals surface area contributed by atoms with E-state index in [-0.39, 0.29) is 5.97 Å². The minimum Gasteiger partial charge on any atom is -0.492 e. The number of aromatic nitrogens is 4. The SMILES string of the molecule is CCOc1ccccc1-n1nnnc1SC(C)C(=O)OC. The van der Waals surface area contributed by atoms with Gasteiger partial charge in [0.15, 0.2) is 0 Å². The predicted octanol–water partition coefficient (Wildman–Crippen LogP) is 1.71. The van der Waals surface area contributed by atoms with Gasteiger partial charge in [0.1, 0.15) is 16.7 Å². The van der Waals surface area contributed by atoms with Crippen molar-refractivity contribution in [1.29, 1.82) is 0 Å². The number of tetrazole rings is 1. The Labute approximate surface area is 126 Å². The number of hydrogen-bond donors (Lipinski definition) is 0. The van der Waals surface area contributed by atoms with E-state index in [0.717, 1.165) is 5.69 Å². The molecule has 0 spiro atoms. The van der Waals surface area contributed by atoms with Crippen molar-refractivity contribution in [3.8, 4) is 11.4 Å². The lowest BCUT2D eigenvalue weighted by Gasteiger charge is -2.12. The number of carbonyl (C=O) groups is 1. The quantitative estimate of drug-likeness (QED) is 0.593. The van der Waals surface area contributed by atoms with Crippen molar-refractivity contribution in [3.63, 3.8) is 0 Å². The van der Waals surface area contributed by atoms with Crippen LogP contribution in [-0.2, 0) is 9.53 Å². The van der Waals surface area contributed by atoms with Crippen LogP contribution in [0.4, 0.5) is 0 Å². The van der Waals surface area contributed by atoms with Gasteiger partial charge in [-0.25, -0.2) is 0 Å². The molecule has 1 unspecified atom stereocenters. The number of ether oxygens (including phenoxy) is 2. The van der Waals surface area contributed by atoms with Crippen molar-refractivity contribution < 1.29 is 14.3 Å². The normalized spacial score (nSPS) is 12.0. The zero-order valence-electron chi connectivity index (χ0n) is 12.0. The summed E-state index contributed by atoms with van der Waals surface area (Å²) >= 11 is 1.23. The van der Waals surface area contributed by atoms with Crippen molar-refractivity contribution in [2.45, 2.75) is 24.3 Å². The molecular weight excluding hydrogens is 292 g/mol. The van der Waals surface area contributed by atoms with Gasteiger partial charge in [-0.15, -0.1) is 5.10 Å². The Bertz CT molecular complexity index is 617. The van der Waals surface area contributed by atoms with Gasteiger partial charge in [0, 0.05) is 0 Å². The molecule has 0 aliphatic carbocycles. The third-order valence-electron chi connectivity index (χ3n) is 2.65. The molecule has 0 bridgehead atoms. The van der Waals surface area contributed by atoms with Crippen LogP contribution in [0.5, 0.6) is 5.75 Å². The molecule has 1 atom stereocenters. The number of carbonyl (C=O) groups excluding carboxylic acids is 1. The van der Waals surface area contributed by atoms with Crippen molar-refractivity contribution in [1.82, 2.24) is 20.2 Å². The van der Waals surface area contributed by atoms with E-state index in [2.05, 4.69) is 15.5 Å². The highest BCUT2D eigenvalue weighted by Gasteiger charge is 2.20. The van der Waals surface area contributed by atoms with Crippen LogP contribution >= 0.6 is 11.8 Å². The zero-order chi connectivity index (χ0) is 15.2. The zero-order valence-corrected chi connectivity index (χ0v) is 12.8. The molecule has 2 aromatic rings. The molecule has 0 radical (unpaired) electrons. The molecule has 0 saturated carbocycles. The standard InChI is InChI=1S/C13H16N4O3S/c1-4-20-11-8-6-5-7-10(11)17-13(14-15-16-17)21-9(2)12(18)19-3/h5-9H,4H2,1-3H3. The van der Waals surface area contributed by atoms with Gasteiger partial charge in [0.05, 0.1) is 13.7 Å². The second-order valence-electron chi connectivity index (χ2n) is 4.06. The van der Waals surface area contributed by atoms with Crippen LogP contribution in [0.15, 0.2) is 29.4 Å². The minimum absolute atomic E-state index is 0.326. The van der Waals surface area contributed by atoms with Crippen LogP contribution in [0.3, 0.4) is 0 Å². The van der Waals surface area contributed by atoms with Crippen LogP contribution < -0.4 is 4.74 Å². The Morgan fingerprint density at radius 3 is 2.90 bits per heavy atom. The van der Waals surface area contributed by atoms with E-state index in [0.29, 0.717) is 17.5 Å². The fourth-order valence-corrected chi connectivity index (χ4v) is 2.51. The van der Waals surface area contributed by atoms with Gasteiger partial charge < -0.3 is 9.47 Å². The predicted molar refractivity (Wildman–Crippen MR) is 77.7 cm³/mol. The van der Waals surface area contributed by atoms with Gasteiger partial charge in [-0.2, -0.15) is 4.68 Å². The minimum atomic E-state index is -0.404. The van der Waals surface area contributed by atoms with E-state index in [1.54, 1.807) is 11.6 Å².